The van der Waals surface area contributed by atoms with E-state index in [1.807, 2.05) is 11.7 Å². The van der Waals surface area contributed by atoms with Gasteiger partial charge in [0.1, 0.15) is 5.82 Å². The van der Waals surface area contributed by atoms with Crippen molar-refractivity contribution in [2.24, 2.45) is 7.05 Å². The van der Waals surface area contributed by atoms with Crippen LogP contribution in [0.2, 0.25) is 0 Å². The van der Waals surface area contributed by atoms with Gasteiger partial charge in [-0.15, -0.1) is 0 Å². The van der Waals surface area contributed by atoms with Crippen molar-refractivity contribution in [3.63, 3.8) is 0 Å². The minimum Gasteiger partial charge on any atom is -0.368 e. The first-order chi connectivity index (χ1) is 6.29. The molecular weight excluding hydrogens is 162 g/mol. The van der Waals surface area contributed by atoms with E-state index in [0.29, 0.717) is 6.04 Å². The molecule has 0 amide bonds. The minimum atomic E-state index is 0.695. The Kier molecular flexibility index (Phi) is 2.25. The van der Waals surface area contributed by atoms with Crippen LogP contribution < -0.4 is 5.32 Å². The number of nitrogens with zero attached hydrogens (tertiary/aromatic N) is 2. The first-order valence-electron chi connectivity index (χ1n) is 5.09. The summed E-state index contributed by atoms with van der Waals surface area (Å²) in [5, 5.41) is 7.90. The summed E-state index contributed by atoms with van der Waals surface area (Å²) in [7, 11) is 2.00. The zero-order valence-corrected chi connectivity index (χ0v) is 8.38. The van der Waals surface area contributed by atoms with E-state index in [2.05, 4.69) is 23.4 Å². The second-order valence-electron chi connectivity index (χ2n) is 3.77. The molecule has 0 spiro atoms. The van der Waals surface area contributed by atoms with Gasteiger partial charge >= 0.3 is 0 Å². The fourth-order valence-electron chi connectivity index (χ4n) is 1.60. The van der Waals surface area contributed by atoms with E-state index in [-0.39, 0.29) is 0 Å². The van der Waals surface area contributed by atoms with Gasteiger partial charge in [-0.3, -0.25) is 4.68 Å². The fourth-order valence-corrected chi connectivity index (χ4v) is 1.60. The van der Waals surface area contributed by atoms with Gasteiger partial charge in [0.2, 0.25) is 0 Å². The Bertz CT molecular complexity index is 286. The molecule has 2 rings (SSSR count). The highest BCUT2D eigenvalue weighted by Crippen LogP contribution is 2.23. The molecule has 0 saturated heterocycles. The molecule has 0 unspecified atom stereocenters. The predicted octanol–water partition coefficient (Wildman–Crippen LogP) is 1.95. The molecule has 0 radical (unpaired) electrons. The van der Waals surface area contributed by atoms with Crippen molar-refractivity contribution >= 4 is 5.82 Å². The summed E-state index contributed by atoms with van der Waals surface area (Å²) in [5.41, 5.74) is 1.17. The quantitative estimate of drug-likeness (QED) is 0.768. The molecule has 0 bridgehead atoms. The van der Waals surface area contributed by atoms with E-state index in [1.54, 1.807) is 0 Å². The Hall–Kier alpha value is -0.990. The maximum Gasteiger partial charge on any atom is 0.124 e. The SMILES string of the molecule is CCc1cc(NC2CCC2)n(C)n1. The van der Waals surface area contributed by atoms with Crippen molar-refractivity contribution in [3.8, 4) is 0 Å². The van der Waals surface area contributed by atoms with Crippen molar-refractivity contribution < 1.29 is 0 Å². The lowest BCUT2D eigenvalue weighted by Crippen LogP contribution is -2.27. The molecule has 0 aromatic carbocycles. The highest BCUT2D eigenvalue weighted by molar-refractivity contribution is 5.38. The summed E-state index contributed by atoms with van der Waals surface area (Å²) in [6.45, 7) is 2.13. The highest BCUT2D eigenvalue weighted by atomic mass is 15.3. The molecule has 1 heterocycles. The summed E-state index contributed by atoms with van der Waals surface area (Å²) < 4.78 is 1.94. The van der Waals surface area contributed by atoms with Gasteiger partial charge in [0.05, 0.1) is 5.69 Å². The topological polar surface area (TPSA) is 29.9 Å². The highest BCUT2D eigenvalue weighted by Gasteiger charge is 2.18. The van der Waals surface area contributed by atoms with Gasteiger partial charge < -0.3 is 5.32 Å². The Morgan fingerprint density at radius 3 is 2.85 bits per heavy atom. The van der Waals surface area contributed by atoms with Crippen LogP contribution in [0.15, 0.2) is 6.07 Å². The molecule has 1 N–H and O–H groups in total. The molecule has 1 fully saturated rings. The predicted molar refractivity (Wildman–Crippen MR) is 53.8 cm³/mol. The number of aryl methyl sites for hydroxylation is 2. The molecule has 72 valence electrons. The van der Waals surface area contributed by atoms with Crippen molar-refractivity contribution in [1.82, 2.24) is 9.78 Å². The molecule has 1 saturated carbocycles. The van der Waals surface area contributed by atoms with E-state index >= 15 is 0 Å². The van der Waals surface area contributed by atoms with Crippen LogP contribution in [-0.4, -0.2) is 15.8 Å². The molecule has 1 aliphatic rings. The molecular formula is C10H17N3. The number of aromatic nitrogens is 2. The largest absolute Gasteiger partial charge is 0.368 e. The summed E-state index contributed by atoms with van der Waals surface area (Å²) in [6.07, 6.45) is 5.01. The zero-order chi connectivity index (χ0) is 9.26. The summed E-state index contributed by atoms with van der Waals surface area (Å²) in [6, 6.07) is 2.85. The van der Waals surface area contributed by atoms with Crippen molar-refractivity contribution in [3.05, 3.63) is 11.8 Å². The van der Waals surface area contributed by atoms with Crippen LogP contribution in [0.1, 0.15) is 31.9 Å². The third-order valence-corrected chi connectivity index (χ3v) is 2.75. The Balaban J connectivity index is 2.05. The van der Waals surface area contributed by atoms with Crippen LogP contribution in [0.25, 0.3) is 0 Å². The third kappa shape index (κ3) is 1.69. The molecule has 3 heteroatoms. The number of anilines is 1. The van der Waals surface area contributed by atoms with Gasteiger partial charge in [-0.2, -0.15) is 5.10 Å². The van der Waals surface area contributed by atoms with E-state index in [1.165, 1.54) is 30.8 Å². The Morgan fingerprint density at radius 1 is 1.62 bits per heavy atom. The first-order valence-corrected chi connectivity index (χ1v) is 5.09. The summed E-state index contributed by atoms with van der Waals surface area (Å²) in [4.78, 5) is 0. The van der Waals surface area contributed by atoms with Gasteiger partial charge in [-0.25, -0.2) is 0 Å². The number of hydrogen-bond donors (Lipinski definition) is 1. The lowest BCUT2D eigenvalue weighted by atomic mass is 9.93. The van der Waals surface area contributed by atoms with E-state index in [0.717, 1.165) is 6.42 Å². The van der Waals surface area contributed by atoms with Gasteiger partial charge in [0, 0.05) is 19.2 Å². The minimum absolute atomic E-state index is 0.695. The lowest BCUT2D eigenvalue weighted by molar-refractivity contribution is 0.442. The average molecular weight is 179 g/mol. The third-order valence-electron chi connectivity index (χ3n) is 2.75. The number of hydrogen-bond acceptors (Lipinski definition) is 2. The molecule has 1 aromatic heterocycles. The van der Waals surface area contributed by atoms with Gasteiger partial charge in [0.15, 0.2) is 0 Å². The number of rotatable bonds is 3. The van der Waals surface area contributed by atoms with Crippen molar-refractivity contribution in [2.75, 3.05) is 5.32 Å². The van der Waals surface area contributed by atoms with Crippen molar-refractivity contribution in [2.45, 2.75) is 38.6 Å². The second kappa shape index (κ2) is 3.40. The first kappa shape index (κ1) is 8.60. The van der Waals surface area contributed by atoms with Crippen molar-refractivity contribution in [1.29, 1.82) is 0 Å². The van der Waals surface area contributed by atoms with E-state index in [4.69, 9.17) is 0 Å². The molecule has 3 nitrogen and oxygen atoms in total. The maximum absolute atomic E-state index is 4.39. The molecule has 1 aliphatic carbocycles. The zero-order valence-electron chi connectivity index (χ0n) is 8.38. The van der Waals surface area contributed by atoms with Gasteiger partial charge in [-0.1, -0.05) is 6.92 Å². The fraction of sp³-hybridized carbons (Fsp3) is 0.700. The molecule has 0 atom stereocenters. The standard InChI is InChI=1S/C10H17N3/c1-3-8-7-10(13(2)12-8)11-9-5-4-6-9/h7,9,11H,3-6H2,1-2H3. The molecule has 1 aromatic rings. The Labute approximate surface area is 79.1 Å². The normalized spacial score (nSPS) is 17.1. The second-order valence-corrected chi connectivity index (χ2v) is 3.77. The molecule has 13 heavy (non-hydrogen) atoms. The maximum atomic E-state index is 4.39. The van der Waals surface area contributed by atoms with E-state index < -0.39 is 0 Å². The van der Waals surface area contributed by atoms with Gasteiger partial charge in [-0.05, 0) is 25.7 Å². The van der Waals surface area contributed by atoms with Crippen LogP contribution >= 0.6 is 0 Å². The smallest absolute Gasteiger partial charge is 0.124 e. The van der Waals surface area contributed by atoms with Crippen LogP contribution in [0, 0.1) is 0 Å². The monoisotopic (exact) mass is 179 g/mol. The Morgan fingerprint density at radius 2 is 2.38 bits per heavy atom. The number of nitrogens with one attached hydrogen (secondary N) is 1. The average Bonchev–Trinajstić information content (AvgIpc) is 2.39. The van der Waals surface area contributed by atoms with E-state index in [9.17, 15) is 0 Å². The van der Waals surface area contributed by atoms with Crippen LogP contribution in [0.4, 0.5) is 5.82 Å². The van der Waals surface area contributed by atoms with Gasteiger partial charge in [0.25, 0.3) is 0 Å². The summed E-state index contributed by atoms with van der Waals surface area (Å²) in [5.74, 6) is 1.17. The lowest BCUT2D eigenvalue weighted by Gasteiger charge is -2.27. The van der Waals surface area contributed by atoms with Crippen LogP contribution in [0.3, 0.4) is 0 Å². The van der Waals surface area contributed by atoms with Crippen LogP contribution in [-0.2, 0) is 13.5 Å². The molecule has 0 aliphatic heterocycles. The van der Waals surface area contributed by atoms with Crippen LogP contribution in [0.5, 0.6) is 0 Å². The summed E-state index contributed by atoms with van der Waals surface area (Å²) >= 11 is 0.